The highest BCUT2D eigenvalue weighted by molar-refractivity contribution is 5.92. The molecule has 4 nitrogen and oxygen atoms in total. The van der Waals surface area contributed by atoms with Crippen molar-refractivity contribution in [2.75, 3.05) is 13.1 Å². The van der Waals surface area contributed by atoms with Gasteiger partial charge in [0.2, 0.25) is 5.91 Å². The van der Waals surface area contributed by atoms with E-state index < -0.39 is 0 Å². The number of carbonyl (C=O) groups excluding carboxylic acids is 1. The minimum absolute atomic E-state index is 0.104. The van der Waals surface area contributed by atoms with E-state index in [-0.39, 0.29) is 5.91 Å². The number of likely N-dealkylation sites (tertiary alicyclic amines) is 1. The molecule has 1 saturated heterocycles. The summed E-state index contributed by atoms with van der Waals surface area (Å²) in [6, 6.07) is 10.1. The summed E-state index contributed by atoms with van der Waals surface area (Å²) in [5.74, 6) is 0.702. The fourth-order valence-electron chi connectivity index (χ4n) is 3.37. The van der Waals surface area contributed by atoms with Gasteiger partial charge in [-0.15, -0.1) is 0 Å². The summed E-state index contributed by atoms with van der Waals surface area (Å²) >= 11 is 0. The summed E-state index contributed by atoms with van der Waals surface area (Å²) in [6.45, 7) is 7.97. The lowest BCUT2D eigenvalue weighted by molar-refractivity contribution is -0.127. The van der Waals surface area contributed by atoms with E-state index in [1.807, 2.05) is 59.8 Å². The minimum atomic E-state index is 0.104. The van der Waals surface area contributed by atoms with Crippen molar-refractivity contribution in [2.24, 2.45) is 5.92 Å². The lowest BCUT2D eigenvalue weighted by Gasteiger charge is -2.30. The molecule has 3 rings (SSSR count). The Morgan fingerprint density at radius 2 is 2.00 bits per heavy atom. The van der Waals surface area contributed by atoms with Gasteiger partial charge < -0.3 is 4.90 Å². The van der Waals surface area contributed by atoms with Crippen LogP contribution in [0.15, 0.2) is 36.4 Å². The quantitative estimate of drug-likeness (QED) is 0.807. The predicted octanol–water partition coefficient (Wildman–Crippen LogP) is 3.76. The van der Waals surface area contributed by atoms with Gasteiger partial charge in [-0.3, -0.25) is 4.79 Å². The average molecular weight is 323 g/mol. The van der Waals surface area contributed by atoms with Crippen LogP contribution in [0.2, 0.25) is 0 Å². The van der Waals surface area contributed by atoms with Gasteiger partial charge >= 0.3 is 0 Å². The molecule has 24 heavy (non-hydrogen) atoms. The molecule has 0 spiro atoms. The summed E-state index contributed by atoms with van der Waals surface area (Å²) in [5.41, 5.74) is 4.05. The molecule has 0 N–H and O–H groups in total. The minimum Gasteiger partial charge on any atom is -0.339 e. The first-order valence-corrected chi connectivity index (χ1v) is 8.65. The molecule has 126 valence electrons. The molecule has 1 amide bonds. The molecule has 1 aliphatic rings. The van der Waals surface area contributed by atoms with Crippen LogP contribution in [0, 0.1) is 19.8 Å². The standard InChI is InChI=1S/C20H25N3O/c1-15-8-7-13-22(14-15)20(24)12-11-19-16(2)21-23(17(19)3)18-9-5-4-6-10-18/h4-6,9-12,15H,7-8,13-14H2,1-3H3/b12-11+. The molecule has 0 aliphatic carbocycles. The van der Waals surface area contributed by atoms with Gasteiger partial charge in [0.25, 0.3) is 0 Å². The van der Waals surface area contributed by atoms with E-state index in [1.165, 1.54) is 6.42 Å². The van der Waals surface area contributed by atoms with E-state index in [1.54, 1.807) is 6.08 Å². The molecule has 0 radical (unpaired) electrons. The normalized spacial score (nSPS) is 18.3. The monoisotopic (exact) mass is 323 g/mol. The molecule has 1 atom stereocenters. The lowest BCUT2D eigenvalue weighted by Crippen LogP contribution is -2.38. The first-order valence-electron chi connectivity index (χ1n) is 8.65. The molecule has 0 saturated carbocycles. The smallest absolute Gasteiger partial charge is 0.246 e. The number of para-hydroxylation sites is 1. The van der Waals surface area contributed by atoms with Crippen LogP contribution in [0.4, 0.5) is 0 Å². The molecule has 2 aromatic rings. The van der Waals surface area contributed by atoms with Crippen molar-refractivity contribution in [3.63, 3.8) is 0 Å². The van der Waals surface area contributed by atoms with Crippen LogP contribution in [0.1, 0.15) is 36.7 Å². The highest BCUT2D eigenvalue weighted by atomic mass is 16.2. The number of aryl methyl sites for hydroxylation is 1. The number of carbonyl (C=O) groups is 1. The molecule has 1 aromatic carbocycles. The molecular weight excluding hydrogens is 298 g/mol. The molecule has 1 aromatic heterocycles. The van der Waals surface area contributed by atoms with Crippen LogP contribution >= 0.6 is 0 Å². The van der Waals surface area contributed by atoms with Crippen LogP contribution < -0.4 is 0 Å². The third-order valence-electron chi connectivity index (χ3n) is 4.71. The van der Waals surface area contributed by atoms with E-state index in [0.29, 0.717) is 5.92 Å². The number of nitrogens with zero attached hydrogens (tertiary/aromatic N) is 3. The third kappa shape index (κ3) is 3.42. The van der Waals surface area contributed by atoms with Crippen LogP contribution in [-0.4, -0.2) is 33.7 Å². The Morgan fingerprint density at radius 1 is 1.25 bits per heavy atom. The Morgan fingerprint density at radius 3 is 2.71 bits per heavy atom. The van der Waals surface area contributed by atoms with Crippen LogP contribution in [0.5, 0.6) is 0 Å². The highest BCUT2D eigenvalue weighted by Crippen LogP contribution is 2.20. The topological polar surface area (TPSA) is 38.1 Å². The van der Waals surface area contributed by atoms with Gasteiger partial charge in [-0.05, 0) is 50.8 Å². The van der Waals surface area contributed by atoms with Crippen LogP contribution in [-0.2, 0) is 4.79 Å². The van der Waals surface area contributed by atoms with Crippen molar-refractivity contribution in [3.8, 4) is 5.69 Å². The summed E-state index contributed by atoms with van der Waals surface area (Å²) < 4.78 is 1.93. The van der Waals surface area contributed by atoms with Crippen molar-refractivity contribution in [2.45, 2.75) is 33.6 Å². The van der Waals surface area contributed by atoms with Gasteiger partial charge in [-0.25, -0.2) is 4.68 Å². The van der Waals surface area contributed by atoms with E-state index in [0.717, 1.165) is 42.1 Å². The number of hydrogen-bond acceptors (Lipinski definition) is 2. The summed E-state index contributed by atoms with van der Waals surface area (Å²) in [5, 5.41) is 4.62. The molecule has 4 heteroatoms. The van der Waals surface area contributed by atoms with Gasteiger partial charge in [-0.2, -0.15) is 5.10 Å². The van der Waals surface area contributed by atoms with E-state index in [4.69, 9.17) is 0 Å². The van der Waals surface area contributed by atoms with Crippen molar-refractivity contribution in [1.29, 1.82) is 0 Å². The zero-order valence-electron chi connectivity index (χ0n) is 14.7. The van der Waals surface area contributed by atoms with Gasteiger partial charge in [-0.1, -0.05) is 25.1 Å². The summed E-state index contributed by atoms with van der Waals surface area (Å²) in [7, 11) is 0. The molecule has 1 aliphatic heterocycles. The lowest BCUT2D eigenvalue weighted by atomic mass is 10.0. The summed E-state index contributed by atoms with van der Waals surface area (Å²) in [6.07, 6.45) is 5.93. The number of amides is 1. The average Bonchev–Trinajstić information content (AvgIpc) is 2.88. The van der Waals surface area contributed by atoms with Gasteiger partial charge in [0.15, 0.2) is 0 Å². The Bertz CT molecular complexity index is 746. The maximum Gasteiger partial charge on any atom is 0.246 e. The Balaban J connectivity index is 1.80. The molecule has 0 bridgehead atoms. The van der Waals surface area contributed by atoms with Gasteiger partial charge in [0.1, 0.15) is 0 Å². The zero-order chi connectivity index (χ0) is 17.1. The second-order valence-corrected chi connectivity index (χ2v) is 6.70. The maximum atomic E-state index is 12.4. The van der Waals surface area contributed by atoms with E-state index in [9.17, 15) is 4.79 Å². The second-order valence-electron chi connectivity index (χ2n) is 6.70. The fourth-order valence-corrected chi connectivity index (χ4v) is 3.37. The molecule has 1 unspecified atom stereocenters. The van der Waals surface area contributed by atoms with Crippen molar-refractivity contribution < 1.29 is 4.79 Å². The van der Waals surface area contributed by atoms with Crippen molar-refractivity contribution in [1.82, 2.24) is 14.7 Å². The number of rotatable bonds is 3. The number of benzene rings is 1. The van der Waals surface area contributed by atoms with Crippen molar-refractivity contribution in [3.05, 3.63) is 53.4 Å². The highest BCUT2D eigenvalue weighted by Gasteiger charge is 2.19. The third-order valence-corrected chi connectivity index (χ3v) is 4.71. The molecule has 1 fully saturated rings. The molecule has 2 heterocycles. The maximum absolute atomic E-state index is 12.4. The Kier molecular flexibility index (Phi) is 4.84. The SMILES string of the molecule is Cc1nn(-c2ccccc2)c(C)c1/C=C/C(=O)N1CCCC(C)C1. The predicted molar refractivity (Wildman–Crippen MR) is 97.1 cm³/mol. The molecular formula is C20H25N3O. The number of piperidine rings is 1. The second kappa shape index (κ2) is 7.04. The zero-order valence-corrected chi connectivity index (χ0v) is 14.7. The van der Waals surface area contributed by atoms with Crippen molar-refractivity contribution >= 4 is 12.0 Å². The van der Waals surface area contributed by atoms with E-state index >= 15 is 0 Å². The summed E-state index contributed by atoms with van der Waals surface area (Å²) in [4.78, 5) is 14.4. The Hall–Kier alpha value is -2.36. The van der Waals surface area contributed by atoms with Crippen LogP contribution in [0.3, 0.4) is 0 Å². The van der Waals surface area contributed by atoms with Gasteiger partial charge in [0, 0.05) is 30.4 Å². The van der Waals surface area contributed by atoms with Gasteiger partial charge in [0.05, 0.1) is 11.4 Å². The number of aromatic nitrogens is 2. The largest absolute Gasteiger partial charge is 0.339 e. The first-order chi connectivity index (χ1) is 11.6. The number of hydrogen-bond donors (Lipinski definition) is 0. The first kappa shape index (κ1) is 16.5. The van der Waals surface area contributed by atoms with E-state index in [2.05, 4.69) is 12.0 Å². The Labute approximate surface area is 143 Å². The van der Waals surface area contributed by atoms with Crippen LogP contribution in [0.25, 0.3) is 11.8 Å². The fraction of sp³-hybridized carbons (Fsp3) is 0.400.